The maximum absolute atomic E-state index is 12.4. The van der Waals surface area contributed by atoms with Crippen molar-refractivity contribution in [3.63, 3.8) is 0 Å². The molecule has 0 unspecified atom stereocenters. The van der Waals surface area contributed by atoms with Crippen LogP contribution in [-0.4, -0.2) is 10.9 Å². The molecule has 0 aliphatic heterocycles. The molecule has 0 aliphatic rings. The lowest BCUT2D eigenvalue weighted by Crippen LogP contribution is -2.11. The zero-order chi connectivity index (χ0) is 16.4. The molecule has 2 aromatic carbocycles. The summed E-state index contributed by atoms with van der Waals surface area (Å²) in [5.41, 5.74) is 3.44. The Morgan fingerprint density at radius 2 is 1.83 bits per heavy atom. The van der Waals surface area contributed by atoms with Crippen molar-refractivity contribution in [2.24, 2.45) is 0 Å². The van der Waals surface area contributed by atoms with E-state index in [2.05, 4.69) is 16.4 Å². The fourth-order valence-corrected chi connectivity index (χ4v) is 3.32. The lowest BCUT2D eigenvalue weighted by Gasteiger charge is -2.07. The summed E-state index contributed by atoms with van der Waals surface area (Å²) >= 11 is 1.69. The molecule has 0 radical (unpaired) electrons. The molecule has 1 amide bonds. The van der Waals surface area contributed by atoms with Gasteiger partial charge in [-0.3, -0.25) is 9.78 Å². The highest BCUT2D eigenvalue weighted by Crippen LogP contribution is 2.25. The predicted octanol–water partition coefficient (Wildman–Crippen LogP) is 5.22. The number of nitrogens with one attached hydrogen (secondary N) is 1. The molecule has 0 saturated carbocycles. The van der Waals surface area contributed by atoms with Crippen molar-refractivity contribution in [2.75, 3.05) is 5.32 Å². The molecule has 2 heterocycles. The van der Waals surface area contributed by atoms with Crippen LogP contribution in [0.3, 0.4) is 0 Å². The second-order valence-electron chi connectivity index (χ2n) is 5.42. The number of rotatable bonds is 3. The van der Waals surface area contributed by atoms with Gasteiger partial charge in [0.2, 0.25) is 0 Å². The number of carbonyl (C=O) groups is 1. The van der Waals surface area contributed by atoms with Crippen molar-refractivity contribution in [1.29, 1.82) is 0 Å². The van der Waals surface area contributed by atoms with Gasteiger partial charge in [0.15, 0.2) is 0 Å². The maximum atomic E-state index is 12.4. The van der Waals surface area contributed by atoms with E-state index in [-0.39, 0.29) is 5.91 Å². The smallest absolute Gasteiger partial charge is 0.255 e. The Labute approximate surface area is 143 Å². The summed E-state index contributed by atoms with van der Waals surface area (Å²) in [5.74, 6) is -0.115. The third kappa shape index (κ3) is 2.92. The number of hydrogen-bond donors (Lipinski definition) is 1. The number of amides is 1. The summed E-state index contributed by atoms with van der Waals surface area (Å²) in [7, 11) is 0. The number of nitrogens with zero attached hydrogens (tertiary/aromatic N) is 1. The predicted molar refractivity (Wildman–Crippen MR) is 99.5 cm³/mol. The molecule has 24 heavy (non-hydrogen) atoms. The first-order chi connectivity index (χ1) is 11.8. The summed E-state index contributed by atoms with van der Waals surface area (Å²) in [4.78, 5) is 17.9. The van der Waals surface area contributed by atoms with E-state index < -0.39 is 0 Å². The van der Waals surface area contributed by atoms with Gasteiger partial charge >= 0.3 is 0 Å². The third-order valence-corrected chi connectivity index (χ3v) is 4.73. The van der Waals surface area contributed by atoms with Gasteiger partial charge in [-0.25, -0.2) is 0 Å². The molecular weight excluding hydrogens is 316 g/mol. The van der Waals surface area contributed by atoms with Gasteiger partial charge in [-0.1, -0.05) is 24.3 Å². The van der Waals surface area contributed by atoms with Crippen molar-refractivity contribution in [2.45, 2.75) is 0 Å². The van der Waals surface area contributed by atoms with Crippen LogP contribution in [0.25, 0.3) is 21.3 Å². The lowest BCUT2D eigenvalue weighted by molar-refractivity contribution is 0.102. The van der Waals surface area contributed by atoms with Crippen molar-refractivity contribution >= 4 is 33.8 Å². The van der Waals surface area contributed by atoms with E-state index in [0.29, 0.717) is 5.56 Å². The Morgan fingerprint density at radius 3 is 2.62 bits per heavy atom. The first-order valence-corrected chi connectivity index (χ1v) is 8.48. The number of pyridine rings is 1. The van der Waals surface area contributed by atoms with Crippen LogP contribution in [0.2, 0.25) is 0 Å². The van der Waals surface area contributed by atoms with Gasteiger partial charge in [-0.15, -0.1) is 11.3 Å². The van der Waals surface area contributed by atoms with Crippen LogP contribution < -0.4 is 5.32 Å². The third-order valence-electron chi connectivity index (χ3n) is 3.81. The van der Waals surface area contributed by atoms with Gasteiger partial charge in [-0.05, 0) is 53.4 Å². The van der Waals surface area contributed by atoms with Gasteiger partial charge in [0, 0.05) is 27.7 Å². The monoisotopic (exact) mass is 330 g/mol. The van der Waals surface area contributed by atoms with Gasteiger partial charge < -0.3 is 5.32 Å². The van der Waals surface area contributed by atoms with Gasteiger partial charge in [0.25, 0.3) is 5.91 Å². The fraction of sp³-hybridized carbons (Fsp3) is 0. The van der Waals surface area contributed by atoms with E-state index in [4.69, 9.17) is 0 Å². The zero-order valence-corrected chi connectivity index (χ0v) is 13.6. The number of fused-ring (bicyclic) bond motifs is 1. The van der Waals surface area contributed by atoms with E-state index >= 15 is 0 Å². The molecule has 116 valence electrons. The fourth-order valence-electron chi connectivity index (χ4n) is 2.59. The standard InChI is InChI=1S/C20H14N2OS/c23-20(15-7-5-14(6-8-15)19-4-2-12-24-19)22-17-9-10-18-16(13-17)3-1-11-21-18/h1-13H,(H,22,23). The average Bonchev–Trinajstić information content (AvgIpc) is 3.16. The molecular formula is C20H14N2OS. The molecule has 4 aromatic rings. The Bertz CT molecular complexity index is 992. The quantitative estimate of drug-likeness (QED) is 0.560. The van der Waals surface area contributed by atoms with Gasteiger partial charge in [0.1, 0.15) is 0 Å². The van der Waals surface area contributed by atoms with Crippen LogP contribution in [0.1, 0.15) is 10.4 Å². The second-order valence-corrected chi connectivity index (χ2v) is 6.37. The summed E-state index contributed by atoms with van der Waals surface area (Å²) < 4.78 is 0. The SMILES string of the molecule is O=C(Nc1ccc2ncccc2c1)c1ccc(-c2cccs2)cc1. The molecule has 0 atom stereocenters. The summed E-state index contributed by atoms with van der Waals surface area (Å²) in [6.07, 6.45) is 1.76. The minimum absolute atomic E-state index is 0.115. The molecule has 3 nitrogen and oxygen atoms in total. The molecule has 0 saturated heterocycles. The Morgan fingerprint density at radius 1 is 0.958 bits per heavy atom. The highest BCUT2D eigenvalue weighted by molar-refractivity contribution is 7.13. The molecule has 4 rings (SSSR count). The van der Waals surface area contributed by atoms with E-state index in [0.717, 1.165) is 22.2 Å². The lowest BCUT2D eigenvalue weighted by atomic mass is 10.1. The Kier molecular flexibility index (Phi) is 3.81. The first-order valence-electron chi connectivity index (χ1n) is 7.60. The molecule has 4 heteroatoms. The number of carbonyl (C=O) groups excluding carboxylic acids is 1. The highest BCUT2D eigenvalue weighted by Gasteiger charge is 2.07. The molecule has 0 aliphatic carbocycles. The topological polar surface area (TPSA) is 42.0 Å². The normalized spacial score (nSPS) is 10.7. The average molecular weight is 330 g/mol. The van der Waals surface area contributed by atoms with Crippen LogP contribution in [-0.2, 0) is 0 Å². The molecule has 1 N–H and O–H groups in total. The molecule has 0 bridgehead atoms. The number of hydrogen-bond acceptors (Lipinski definition) is 3. The number of aromatic nitrogens is 1. The highest BCUT2D eigenvalue weighted by atomic mass is 32.1. The summed E-state index contributed by atoms with van der Waals surface area (Å²) in [6, 6.07) is 21.3. The van der Waals surface area contributed by atoms with Crippen LogP contribution in [0.4, 0.5) is 5.69 Å². The van der Waals surface area contributed by atoms with Gasteiger partial charge in [-0.2, -0.15) is 0 Å². The Balaban J connectivity index is 1.54. The number of anilines is 1. The van der Waals surface area contributed by atoms with Crippen molar-refractivity contribution in [1.82, 2.24) is 4.98 Å². The Hall–Kier alpha value is -2.98. The van der Waals surface area contributed by atoms with Crippen LogP contribution >= 0.6 is 11.3 Å². The van der Waals surface area contributed by atoms with Crippen LogP contribution in [0.5, 0.6) is 0 Å². The summed E-state index contributed by atoms with van der Waals surface area (Å²) in [5, 5.41) is 5.99. The van der Waals surface area contributed by atoms with E-state index in [1.54, 1.807) is 17.5 Å². The zero-order valence-electron chi connectivity index (χ0n) is 12.8. The van der Waals surface area contributed by atoms with Gasteiger partial charge in [0.05, 0.1) is 5.52 Å². The van der Waals surface area contributed by atoms with Crippen molar-refractivity contribution < 1.29 is 4.79 Å². The van der Waals surface area contributed by atoms with Crippen LogP contribution in [0, 0.1) is 0 Å². The number of thiophene rings is 1. The molecule has 0 fully saturated rings. The number of benzene rings is 2. The van der Waals surface area contributed by atoms with Crippen molar-refractivity contribution in [3.8, 4) is 10.4 Å². The summed E-state index contributed by atoms with van der Waals surface area (Å²) in [6.45, 7) is 0. The van der Waals surface area contributed by atoms with Crippen LogP contribution in [0.15, 0.2) is 78.3 Å². The van der Waals surface area contributed by atoms with E-state index in [1.807, 2.05) is 66.0 Å². The van der Waals surface area contributed by atoms with E-state index in [1.165, 1.54) is 4.88 Å². The minimum atomic E-state index is -0.115. The minimum Gasteiger partial charge on any atom is -0.322 e. The second kappa shape index (κ2) is 6.26. The van der Waals surface area contributed by atoms with E-state index in [9.17, 15) is 4.79 Å². The maximum Gasteiger partial charge on any atom is 0.255 e. The first kappa shape index (κ1) is 14.6. The molecule has 2 aromatic heterocycles. The largest absolute Gasteiger partial charge is 0.322 e. The molecule has 0 spiro atoms. The van der Waals surface area contributed by atoms with Crippen molar-refractivity contribution in [3.05, 3.63) is 83.9 Å².